The van der Waals surface area contributed by atoms with Gasteiger partial charge in [0.2, 0.25) is 5.91 Å². The Morgan fingerprint density at radius 1 is 1.19 bits per heavy atom. The number of carbonyl (C=O) groups is 1. The van der Waals surface area contributed by atoms with Crippen molar-refractivity contribution in [2.24, 2.45) is 10.4 Å². The monoisotopic (exact) mass is 392 g/mol. The maximum atomic E-state index is 12.7. The fourth-order valence-electron chi connectivity index (χ4n) is 3.49. The van der Waals surface area contributed by atoms with Gasteiger partial charge in [0, 0.05) is 37.8 Å². The molecule has 0 saturated heterocycles. The summed E-state index contributed by atoms with van der Waals surface area (Å²) in [6, 6.07) is 9.48. The molecule has 1 unspecified atom stereocenters. The minimum Gasteiger partial charge on any atom is -0.357 e. The maximum absolute atomic E-state index is 12.7. The second-order valence-electron chi connectivity index (χ2n) is 7.17. The normalized spacial score (nSPS) is 17.4. The number of rotatable bonds is 8. The number of hydrogen-bond acceptors (Lipinski definition) is 3. The van der Waals surface area contributed by atoms with E-state index in [1.165, 1.54) is 0 Å². The van der Waals surface area contributed by atoms with E-state index in [0.717, 1.165) is 37.1 Å². The topological polar surface area (TPSA) is 73.8 Å². The van der Waals surface area contributed by atoms with Gasteiger partial charge in [-0.3, -0.25) is 14.0 Å². The summed E-state index contributed by atoms with van der Waals surface area (Å²) in [5.41, 5.74) is -0.376. The minimum atomic E-state index is -1.04. The summed E-state index contributed by atoms with van der Waals surface area (Å²) in [6.07, 6.45) is 3.94. The standard InChI is InChI=1S/C20H32N4O2S/c1-4-21-19(22-14-15-27(26)17-10-6-5-7-11-17)23-16-20(12-8-9-13-20)18(25)24(2)3/h5-7,10-11H,4,8-9,12-16H2,1-3H3,(H2,21,22,23). The Morgan fingerprint density at radius 3 is 2.44 bits per heavy atom. The molecule has 0 radical (unpaired) electrons. The number of amides is 1. The third-order valence-corrected chi connectivity index (χ3v) is 6.26. The van der Waals surface area contributed by atoms with E-state index in [1.54, 1.807) is 4.90 Å². The van der Waals surface area contributed by atoms with E-state index >= 15 is 0 Å². The quantitative estimate of drug-likeness (QED) is 0.524. The van der Waals surface area contributed by atoms with E-state index < -0.39 is 10.8 Å². The average molecular weight is 393 g/mol. The molecule has 1 saturated carbocycles. The zero-order valence-corrected chi connectivity index (χ0v) is 17.5. The SMILES string of the molecule is CCNC(=NCC1(C(=O)N(C)C)CCCC1)NCCS(=O)c1ccccc1. The molecule has 7 heteroatoms. The van der Waals surface area contributed by atoms with Crippen molar-refractivity contribution >= 4 is 22.7 Å². The molecule has 0 heterocycles. The summed E-state index contributed by atoms with van der Waals surface area (Å²) in [4.78, 5) is 19.9. The molecule has 1 fully saturated rings. The molecule has 1 atom stereocenters. The molecule has 1 aromatic carbocycles. The minimum absolute atomic E-state index is 0.171. The molecule has 6 nitrogen and oxygen atoms in total. The molecular formula is C20H32N4O2S. The highest BCUT2D eigenvalue weighted by Gasteiger charge is 2.42. The van der Waals surface area contributed by atoms with Crippen molar-refractivity contribution in [1.82, 2.24) is 15.5 Å². The van der Waals surface area contributed by atoms with Crippen molar-refractivity contribution in [2.75, 3.05) is 39.5 Å². The van der Waals surface area contributed by atoms with E-state index in [-0.39, 0.29) is 11.3 Å². The molecule has 150 valence electrons. The fraction of sp³-hybridized carbons (Fsp3) is 0.600. The Labute approximate surface area is 165 Å². The largest absolute Gasteiger partial charge is 0.357 e. The number of hydrogen-bond donors (Lipinski definition) is 2. The predicted octanol–water partition coefficient (Wildman–Crippen LogP) is 2.00. The number of carbonyl (C=O) groups excluding carboxylic acids is 1. The number of nitrogens with zero attached hydrogens (tertiary/aromatic N) is 2. The zero-order valence-electron chi connectivity index (χ0n) is 16.7. The molecule has 0 aromatic heterocycles. The second-order valence-corrected chi connectivity index (χ2v) is 8.74. The molecule has 1 amide bonds. The third kappa shape index (κ3) is 6.06. The van der Waals surface area contributed by atoms with Crippen LogP contribution in [0.5, 0.6) is 0 Å². The Morgan fingerprint density at radius 2 is 1.85 bits per heavy atom. The first-order chi connectivity index (χ1) is 13.0. The lowest BCUT2D eigenvalue weighted by Crippen LogP contribution is -2.43. The van der Waals surface area contributed by atoms with Gasteiger partial charge in [0.05, 0.1) is 22.8 Å². The lowest BCUT2D eigenvalue weighted by Gasteiger charge is -2.29. The summed E-state index contributed by atoms with van der Waals surface area (Å²) in [6.45, 7) is 3.79. The van der Waals surface area contributed by atoms with E-state index in [1.807, 2.05) is 51.4 Å². The Bertz CT molecular complexity index is 655. The van der Waals surface area contributed by atoms with Gasteiger partial charge in [-0.15, -0.1) is 0 Å². The van der Waals surface area contributed by atoms with Gasteiger partial charge in [-0.25, -0.2) is 0 Å². The fourth-order valence-corrected chi connectivity index (χ4v) is 4.47. The number of nitrogens with one attached hydrogen (secondary N) is 2. The highest BCUT2D eigenvalue weighted by atomic mass is 32.2. The maximum Gasteiger partial charge on any atom is 0.230 e. The van der Waals surface area contributed by atoms with Gasteiger partial charge in [-0.1, -0.05) is 31.0 Å². The first-order valence-electron chi connectivity index (χ1n) is 9.66. The first-order valence-corrected chi connectivity index (χ1v) is 11.0. The van der Waals surface area contributed by atoms with Crippen LogP contribution in [0, 0.1) is 5.41 Å². The number of guanidine groups is 1. The molecule has 2 N–H and O–H groups in total. The van der Waals surface area contributed by atoms with Crippen molar-refractivity contribution in [3.63, 3.8) is 0 Å². The third-order valence-electron chi connectivity index (χ3n) is 4.89. The summed E-state index contributed by atoms with van der Waals surface area (Å²) >= 11 is 0. The molecule has 0 spiro atoms. The highest BCUT2D eigenvalue weighted by Crippen LogP contribution is 2.39. The van der Waals surface area contributed by atoms with Crippen molar-refractivity contribution in [3.05, 3.63) is 30.3 Å². The first kappa shape index (κ1) is 21.4. The zero-order chi connectivity index (χ0) is 19.7. The molecule has 2 rings (SSSR count). The van der Waals surface area contributed by atoms with E-state index in [2.05, 4.69) is 15.6 Å². The molecule has 1 aromatic rings. The van der Waals surface area contributed by atoms with Crippen LogP contribution in [-0.2, 0) is 15.6 Å². The molecule has 1 aliphatic carbocycles. The Balaban J connectivity index is 1.95. The van der Waals surface area contributed by atoms with Gasteiger partial charge in [-0.05, 0) is 31.9 Å². The molecule has 0 bridgehead atoms. The van der Waals surface area contributed by atoms with Crippen molar-refractivity contribution < 1.29 is 9.00 Å². The van der Waals surface area contributed by atoms with Gasteiger partial charge < -0.3 is 15.5 Å². The molecule has 1 aliphatic rings. The Hall–Kier alpha value is -1.89. The average Bonchev–Trinajstić information content (AvgIpc) is 3.16. The Kier molecular flexibility index (Phi) is 8.28. The lowest BCUT2D eigenvalue weighted by molar-refractivity contribution is -0.138. The van der Waals surface area contributed by atoms with E-state index in [9.17, 15) is 9.00 Å². The van der Waals surface area contributed by atoms with Crippen LogP contribution in [0.25, 0.3) is 0 Å². The number of aliphatic imine (C=N–C) groups is 1. The van der Waals surface area contributed by atoms with Crippen LogP contribution in [0.4, 0.5) is 0 Å². The number of benzene rings is 1. The van der Waals surface area contributed by atoms with Crippen molar-refractivity contribution in [3.8, 4) is 0 Å². The van der Waals surface area contributed by atoms with Crippen LogP contribution in [0.15, 0.2) is 40.2 Å². The summed E-state index contributed by atoms with van der Waals surface area (Å²) in [5.74, 6) is 1.36. The van der Waals surface area contributed by atoms with Gasteiger partial charge in [0.1, 0.15) is 0 Å². The van der Waals surface area contributed by atoms with Gasteiger partial charge in [-0.2, -0.15) is 0 Å². The molecule has 0 aliphatic heterocycles. The smallest absolute Gasteiger partial charge is 0.230 e. The molecular weight excluding hydrogens is 360 g/mol. The predicted molar refractivity (Wildman–Crippen MR) is 111 cm³/mol. The summed E-state index contributed by atoms with van der Waals surface area (Å²) < 4.78 is 12.3. The van der Waals surface area contributed by atoms with Crippen molar-refractivity contribution in [2.45, 2.75) is 37.5 Å². The van der Waals surface area contributed by atoms with Crippen LogP contribution in [0.3, 0.4) is 0 Å². The van der Waals surface area contributed by atoms with Crippen LogP contribution in [0.2, 0.25) is 0 Å². The van der Waals surface area contributed by atoms with Gasteiger partial charge in [0.15, 0.2) is 5.96 Å². The van der Waals surface area contributed by atoms with Crippen LogP contribution in [-0.4, -0.2) is 60.5 Å². The highest BCUT2D eigenvalue weighted by molar-refractivity contribution is 7.85. The molecule has 27 heavy (non-hydrogen) atoms. The van der Waals surface area contributed by atoms with Crippen LogP contribution < -0.4 is 10.6 Å². The van der Waals surface area contributed by atoms with E-state index in [0.29, 0.717) is 24.8 Å². The van der Waals surface area contributed by atoms with Crippen LogP contribution >= 0.6 is 0 Å². The van der Waals surface area contributed by atoms with Gasteiger partial charge in [0.25, 0.3) is 0 Å². The van der Waals surface area contributed by atoms with Gasteiger partial charge >= 0.3 is 0 Å². The van der Waals surface area contributed by atoms with Crippen LogP contribution in [0.1, 0.15) is 32.6 Å². The summed E-state index contributed by atoms with van der Waals surface area (Å²) in [5, 5.41) is 6.47. The van der Waals surface area contributed by atoms with E-state index in [4.69, 9.17) is 0 Å². The summed E-state index contributed by atoms with van der Waals surface area (Å²) in [7, 11) is 2.59. The lowest BCUT2D eigenvalue weighted by atomic mass is 9.85. The van der Waals surface area contributed by atoms with Crippen molar-refractivity contribution in [1.29, 1.82) is 0 Å². The second kappa shape index (κ2) is 10.4.